The third-order valence-corrected chi connectivity index (χ3v) is 9.87. The Balaban J connectivity index is 1.49. The lowest BCUT2D eigenvalue weighted by atomic mass is 10.1. The standard InChI is InChI=1S/C31H35N3O5S2/c1-4-39-26-12-10-25(11-13-26)32-31-34(20-17-23-7-16-29(37-2)30(21-23)38-3)28(22-40-31)24-8-14-27(15-9-24)41(35,36)33-18-5-6-19-33/h7-16,21-22H,4-6,17-20H2,1-3H3. The van der Waals surface area contributed by atoms with Gasteiger partial charge in [0, 0.05) is 25.0 Å². The van der Waals surface area contributed by atoms with E-state index in [9.17, 15) is 8.42 Å². The van der Waals surface area contributed by atoms with Crippen molar-refractivity contribution in [2.75, 3.05) is 33.9 Å². The molecule has 0 amide bonds. The van der Waals surface area contributed by atoms with Crippen LogP contribution >= 0.6 is 11.3 Å². The number of thiazole rings is 1. The fourth-order valence-electron chi connectivity index (χ4n) is 4.91. The molecule has 3 aromatic carbocycles. The van der Waals surface area contributed by atoms with Crippen LogP contribution in [0.3, 0.4) is 0 Å². The van der Waals surface area contributed by atoms with Gasteiger partial charge in [-0.15, -0.1) is 11.3 Å². The number of hydrogen-bond acceptors (Lipinski definition) is 7. The first-order chi connectivity index (χ1) is 19.9. The molecule has 0 radical (unpaired) electrons. The number of hydrogen-bond donors (Lipinski definition) is 0. The zero-order chi connectivity index (χ0) is 28.8. The van der Waals surface area contributed by atoms with Crippen molar-refractivity contribution >= 4 is 27.0 Å². The van der Waals surface area contributed by atoms with E-state index in [0.717, 1.165) is 52.3 Å². The van der Waals surface area contributed by atoms with Crippen molar-refractivity contribution in [1.29, 1.82) is 0 Å². The minimum atomic E-state index is -3.47. The number of sulfonamides is 1. The van der Waals surface area contributed by atoms with Gasteiger partial charge >= 0.3 is 0 Å². The van der Waals surface area contributed by atoms with Crippen LogP contribution in [0.4, 0.5) is 5.69 Å². The number of aryl methyl sites for hydroxylation is 1. The molecule has 0 unspecified atom stereocenters. The molecule has 1 aliphatic rings. The van der Waals surface area contributed by atoms with Crippen LogP contribution < -0.4 is 19.0 Å². The lowest BCUT2D eigenvalue weighted by Gasteiger charge is -2.16. The maximum Gasteiger partial charge on any atom is 0.243 e. The molecule has 0 N–H and O–H groups in total. The summed E-state index contributed by atoms with van der Waals surface area (Å²) in [5.41, 5.74) is 3.84. The Labute approximate surface area is 245 Å². The molecule has 5 rings (SSSR count). The van der Waals surface area contributed by atoms with Gasteiger partial charge in [0.05, 0.1) is 37.1 Å². The predicted octanol–water partition coefficient (Wildman–Crippen LogP) is 5.89. The van der Waals surface area contributed by atoms with E-state index < -0.39 is 10.0 Å². The van der Waals surface area contributed by atoms with E-state index in [1.54, 1.807) is 42.0 Å². The van der Waals surface area contributed by atoms with E-state index in [-0.39, 0.29) is 0 Å². The highest BCUT2D eigenvalue weighted by molar-refractivity contribution is 7.89. The molecule has 1 aromatic heterocycles. The number of ether oxygens (including phenoxy) is 3. The van der Waals surface area contributed by atoms with E-state index in [0.29, 0.717) is 42.6 Å². The SMILES string of the molecule is CCOc1ccc(N=c2scc(-c3ccc(S(=O)(=O)N4CCCC4)cc3)n2CCc2ccc(OC)c(OC)c2)cc1. The first kappa shape index (κ1) is 28.9. The summed E-state index contributed by atoms with van der Waals surface area (Å²) >= 11 is 1.55. The average Bonchev–Trinajstić information content (AvgIpc) is 3.68. The Bertz CT molecular complexity index is 1640. The van der Waals surface area contributed by atoms with Crippen molar-refractivity contribution in [3.05, 3.63) is 82.5 Å². The smallest absolute Gasteiger partial charge is 0.243 e. The fourth-order valence-corrected chi connectivity index (χ4v) is 7.38. The first-order valence-corrected chi connectivity index (χ1v) is 16.0. The second kappa shape index (κ2) is 12.9. The van der Waals surface area contributed by atoms with Gasteiger partial charge in [-0.2, -0.15) is 4.31 Å². The molecule has 1 saturated heterocycles. The topological polar surface area (TPSA) is 82.4 Å². The lowest BCUT2D eigenvalue weighted by Crippen LogP contribution is -2.27. The van der Waals surface area contributed by atoms with Crippen molar-refractivity contribution in [3.8, 4) is 28.5 Å². The Morgan fingerprint density at radius 1 is 0.902 bits per heavy atom. The molecule has 8 nitrogen and oxygen atoms in total. The normalized spacial score (nSPS) is 14.4. The second-order valence-corrected chi connectivity index (χ2v) is 12.4. The summed E-state index contributed by atoms with van der Waals surface area (Å²) in [4.78, 5) is 6.12. The monoisotopic (exact) mass is 593 g/mol. The summed E-state index contributed by atoms with van der Waals surface area (Å²) in [5.74, 6) is 2.19. The predicted molar refractivity (Wildman–Crippen MR) is 162 cm³/mol. The van der Waals surface area contributed by atoms with Crippen molar-refractivity contribution in [3.63, 3.8) is 0 Å². The Morgan fingerprint density at radius 2 is 1.61 bits per heavy atom. The largest absolute Gasteiger partial charge is 0.494 e. The highest BCUT2D eigenvalue weighted by Crippen LogP contribution is 2.29. The minimum absolute atomic E-state index is 0.328. The number of nitrogens with zero attached hydrogens (tertiary/aromatic N) is 3. The summed E-state index contributed by atoms with van der Waals surface area (Å²) in [5, 5.41) is 2.08. The van der Waals surface area contributed by atoms with E-state index in [1.165, 1.54) is 0 Å². The summed E-state index contributed by atoms with van der Waals surface area (Å²) < 4.78 is 46.3. The van der Waals surface area contributed by atoms with Gasteiger partial charge in [0.25, 0.3) is 0 Å². The molecule has 2 heterocycles. The summed E-state index contributed by atoms with van der Waals surface area (Å²) in [6, 6.07) is 20.9. The molecule has 0 spiro atoms. The van der Waals surface area contributed by atoms with Crippen LogP contribution in [-0.2, 0) is 23.0 Å². The van der Waals surface area contributed by atoms with Crippen molar-refractivity contribution < 1.29 is 22.6 Å². The zero-order valence-corrected chi connectivity index (χ0v) is 25.2. The maximum absolute atomic E-state index is 13.1. The molecule has 0 atom stereocenters. The van der Waals surface area contributed by atoms with Crippen LogP contribution in [0.1, 0.15) is 25.3 Å². The van der Waals surface area contributed by atoms with Gasteiger partial charge in [0.15, 0.2) is 16.3 Å². The lowest BCUT2D eigenvalue weighted by molar-refractivity contribution is 0.340. The third-order valence-electron chi connectivity index (χ3n) is 7.10. The van der Waals surface area contributed by atoms with E-state index >= 15 is 0 Å². The molecule has 10 heteroatoms. The fraction of sp³-hybridized carbons (Fsp3) is 0.323. The van der Waals surface area contributed by atoms with Gasteiger partial charge in [-0.05, 0) is 85.8 Å². The van der Waals surface area contributed by atoms with Gasteiger partial charge in [-0.3, -0.25) is 0 Å². The molecule has 41 heavy (non-hydrogen) atoms. The minimum Gasteiger partial charge on any atom is -0.494 e. The van der Waals surface area contributed by atoms with Crippen LogP contribution in [0, 0.1) is 0 Å². The van der Waals surface area contributed by atoms with Gasteiger partial charge in [0.2, 0.25) is 10.0 Å². The van der Waals surface area contributed by atoms with Crippen LogP contribution in [0.2, 0.25) is 0 Å². The summed E-state index contributed by atoms with van der Waals surface area (Å²) in [6.45, 7) is 4.40. The molecule has 0 aliphatic carbocycles. The van der Waals surface area contributed by atoms with Crippen molar-refractivity contribution in [1.82, 2.24) is 8.87 Å². The molecule has 216 valence electrons. The maximum atomic E-state index is 13.1. The average molecular weight is 594 g/mol. The molecule has 0 saturated carbocycles. The van der Waals surface area contributed by atoms with E-state index in [1.807, 2.05) is 61.5 Å². The molecule has 1 aliphatic heterocycles. The second-order valence-electron chi connectivity index (χ2n) is 9.67. The summed E-state index contributed by atoms with van der Waals surface area (Å²) in [7, 11) is -0.211. The Hall–Kier alpha value is -3.60. The van der Waals surface area contributed by atoms with Crippen LogP contribution in [-0.4, -0.2) is 51.2 Å². The third kappa shape index (κ3) is 6.50. The molecular formula is C31H35N3O5S2. The molecule has 0 bridgehead atoms. The van der Waals surface area contributed by atoms with Gasteiger partial charge in [-0.25, -0.2) is 13.4 Å². The van der Waals surface area contributed by atoms with Gasteiger partial charge in [-0.1, -0.05) is 18.2 Å². The summed E-state index contributed by atoms with van der Waals surface area (Å²) in [6.07, 6.45) is 2.56. The van der Waals surface area contributed by atoms with Gasteiger partial charge in [0.1, 0.15) is 5.75 Å². The van der Waals surface area contributed by atoms with E-state index in [4.69, 9.17) is 19.2 Å². The quantitative estimate of drug-likeness (QED) is 0.217. The number of methoxy groups -OCH3 is 2. The van der Waals surface area contributed by atoms with Crippen LogP contribution in [0.15, 0.2) is 82.0 Å². The highest BCUT2D eigenvalue weighted by atomic mass is 32.2. The molecule has 1 fully saturated rings. The number of benzene rings is 3. The number of rotatable bonds is 11. The van der Waals surface area contributed by atoms with E-state index in [2.05, 4.69) is 9.95 Å². The zero-order valence-electron chi connectivity index (χ0n) is 23.6. The Kier molecular flexibility index (Phi) is 9.12. The van der Waals surface area contributed by atoms with Gasteiger partial charge < -0.3 is 18.8 Å². The van der Waals surface area contributed by atoms with Crippen LogP contribution in [0.5, 0.6) is 17.2 Å². The van der Waals surface area contributed by atoms with Crippen molar-refractivity contribution in [2.45, 2.75) is 37.6 Å². The molecular weight excluding hydrogens is 558 g/mol. The van der Waals surface area contributed by atoms with Crippen molar-refractivity contribution in [2.24, 2.45) is 4.99 Å². The van der Waals surface area contributed by atoms with Crippen LogP contribution in [0.25, 0.3) is 11.3 Å². The highest BCUT2D eigenvalue weighted by Gasteiger charge is 2.27. The Morgan fingerprint density at radius 3 is 2.27 bits per heavy atom. The molecule has 4 aromatic rings. The number of aromatic nitrogens is 1. The first-order valence-electron chi connectivity index (χ1n) is 13.7.